The van der Waals surface area contributed by atoms with Crippen LogP contribution in [-0.4, -0.2) is 34.7 Å². The lowest BCUT2D eigenvalue weighted by Gasteiger charge is -2.10. The normalized spacial score (nSPS) is 13.5. The third-order valence-electron chi connectivity index (χ3n) is 3.00. The van der Waals surface area contributed by atoms with Crippen molar-refractivity contribution in [1.82, 2.24) is 0 Å². The van der Waals surface area contributed by atoms with Crippen LogP contribution in [0.15, 0.2) is 0 Å². The summed E-state index contributed by atoms with van der Waals surface area (Å²) in [5.74, 6) is -0.747. The molecule has 0 saturated carbocycles. The highest BCUT2D eigenvalue weighted by Gasteiger charge is 2.09. The van der Waals surface area contributed by atoms with Gasteiger partial charge in [0.2, 0.25) is 0 Å². The first-order valence-electron chi connectivity index (χ1n) is 7.74. The molecule has 0 fully saturated rings. The molecule has 21 heavy (non-hydrogen) atoms. The van der Waals surface area contributed by atoms with Gasteiger partial charge < -0.3 is 19.7 Å². The summed E-state index contributed by atoms with van der Waals surface area (Å²) in [6.45, 7) is 3.48. The number of hydrogen-bond donors (Lipinski definition) is 2. The van der Waals surface area contributed by atoms with Crippen LogP contribution >= 0.6 is 0 Å². The van der Waals surface area contributed by atoms with Gasteiger partial charge in [-0.2, -0.15) is 0 Å². The maximum atomic E-state index is 11.3. The van der Waals surface area contributed by atoms with E-state index in [4.69, 9.17) is 19.7 Å². The van der Waals surface area contributed by atoms with Gasteiger partial charge in [-0.25, -0.2) is 0 Å². The van der Waals surface area contributed by atoms with Crippen molar-refractivity contribution in [2.75, 3.05) is 0 Å². The monoisotopic (exact) mass is 304 g/mol. The lowest BCUT2D eigenvalue weighted by Crippen LogP contribution is -2.16. The number of esters is 2. The van der Waals surface area contributed by atoms with Crippen LogP contribution < -0.4 is 0 Å². The average molecular weight is 304 g/mol. The quantitative estimate of drug-likeness (QED) is 0.326. The predicted octanol–water partition coefficient (Wildman–Crippen LogP) is 2.26. The second-order valence-electron chi connectivity index (χ2n) is 4.97. The molecule has 0 heterocycles. The molecule has 0 amide bonds. The molecule has 0 aromatic carbocycles. The van der Waals surface area contributed by atoms with E-state index in [-0.39, 0.29) is 11.9 Å². The first kappa shape index (κ1) is 19.9. The molecule has 0 radical (unpaired) electrons. The summed E-state index contributed by atoms with van der Waals surface area (Å²) in [5, 5.41) is 18.3. The van der Waals surface area contributed by atoms with Gasteiger partial charge in [-0.15, -0.1) is 0 Å². The Morgan fingerprint density at radius 3 is 1.43 bits per heavy atom. The fraction of sp³-hybridized carbons (Fsp3) is 0.867. The van der Waals surface area contributed by atoms with E-state index in [1.54, 1.807) is 13.8 Å². The Hall–Kier alpha value is -1.14. The summed E-state index contributed by atoms with van der Waals surface area (Å²) in [7, 11) is 0. The molecule has 0 aliphatic heterocycles. The minimum atomic E-state index is -0.998. The smallest absolute Gasteiger partial charge is 0.308 e. The Bertz CT molecular complexity index is 264. The van der Waals surface area contributed by atoms with Crippen molar-refractivity contribution in [3.63, 3.8) is 0 Å². The van der Waals surface area contributed by atoms with E-state index in [0.717, 1.165) is 19.3 Å². The highest BCUT2D eigenvalue weighted by atomic mass is 16.6. The van der Waals surface area contributed by atoms with E-state index in [9.17, 15) is 9.59 Å². The predicted molar refractivity (Wildman–Crippen MR) is 77.1 cm³/mol. The SMILES string of the molecule is CCC(O)OC(=O)CCCCCCCC(=O)OC(O)CC. The number of ether oxygens (including phenoxy) is 2. The first-order chi connectivity index (χ1) is 9.99. The molecule has 6 heteroatoms. The van der Waals surface area contributed by atoms with E-state index < -0.39 is 12.6 Å². The van der Waals surface area contributed by atoms with Crippen molar-refractivity contribution in [3.8, 4) is 0 Å². The largest absolute Gasteiger partial charge is 0.436 e. The van der Waals surface area contributed by atoms with E-state index in [2.05, 4.69) is 0 Å². The van der Waals surface area contributed by atoms with Crippen molar-refractivity contribution < 1.29 is 29.3 Å². The van der Waals surface area contributed by atoms with E-state index in [1.807, 2.05) is 0 Å². The lowest BCUT2D eigenvalue weighted by molar-refractivity contribution is -0.169. The number of carbonyl (C=O) groups is 2. The molecule has 124 valence electrons. The third kappa shape index (κ3) is 12.3. The number of hydrogen-bond acceptors (Lipinski definition) is 6. The molecule has 0 aliphatic rings. The molecule has 6 nitrogen and oxygen atoms in total. The minimum Gasteiger partial charge on any atom is -0.436 e. The van der Waals surface area contributed by atoms with Crippen molar-refractivity contribution in [3.05, 3.63) is 0 Å². The maximum Gasteiger partial charge on any atom is 0.308 e. The fourth-order valence-corrected chi connectivity index (χ4v) is 1.66. The van der Waals surface area contributed by atoms with Crippen molar-refractivity contribution in [1.29, 1.82) is 0 Å². The molecule has 0 bridgehead atoms. The molecule has 0 saturated heterocycles. The van der Waals surface area contributed by atoms with Crippen LogP contribution in [-0.2, 0) is 19.1 Å². The summed E-state index contributed by atoms with van der Waals surface area (Å²) < 4.78 is 9.48. The van der Waals surface area contributed by atoms with Gasteiger partial charge in [0.25, 0.3) is 0 Å². The summed E-state index contributed by atoms with van der Waals surface area (Å²) in [5.41, 5.74) is 0. The molecular weight excluding hydrogens is 276 g/mol. The zero-order chi connectivity index (χ0) is 16.1. The van der Waals surface area contributed by atoms with Crippen LogP contribution in [0.1, 0.15) is 71.6 Å². The Morgan fingerprint density at radius 2 is 1.10 bits per heavy atom. The van der Waals surface area contributed by atoms with E-state index in [1.165, 1.54) is 0 Å². The molecule has 0 aromatic heterocycles. The molecule has 2 N–H and O–H groups in total. The van der Waals surface area contributed by atoms with Crippen LogP contribution in [0.3, 0.4) is 0 Å². The molecular formula is C15H28O6. The number of unbranched alkanes of at least 4 members (excludes halogenated alkanes) is 4. The lowest BCUT2D eigenvalue weighted by atomic mass is 10.1. The van der Waals surface area contributed by atoms with Gasteiger partial charge in [0.1, 0.15) is 0 Å². The third-order valence-corrected chi connectivity index (χ3v) is 3.00. The first-order valence-corrected chi connectivity index (χ1v) is 7.74. The topological polar surface area (TPSA) is 93.1 Å². The molecule has 0 rings (SSSR count). The molecule has 2 unspecified atom stereocenters. The molecule has 0 aromatic rings. The van der Waals surface area contributed by atoms with Crippen LogP contribution in [0.25, 0.3) is 0 Å². The number of carbonyl (C=O) groups excluding carboxylic acids is 2. The zero-order valence-electron chi connectivity index (χ0n) is 13.0. The van der Waals surface area contributed by atoms with Crippen LogP contribution in [0.2, 0.25) is 0 Å². The summed E-state index contributed by atoms with van der Waals surface area (Å²) >= 11 is 0. The summed E-state index contributed by atoms with van der Waals surface area (Å²) in [6, 6.07) is 0. The van der Waals surface area contributed by atoms with Gasteiger partial charge in [-0.05, 0) is 12.8 Å². The van der Waals surface area contributed by atoms with Gasteiger partial charge in [0, 0.05) is 25.7 Å². The molecule has 0 aliphatic carbocycles. The Labute approximate surface area is 126 Å². The fourth-order valence-electron chi connectivity index (χ4n) is 1.66. The summed E-state index contributed by atoms with van der Waals surface area (Å²) in [4.78, 5) is 22.5. The Balaban J connectivity index is 3.40. The van der Waals surface area contributed by atoms with E-state index in [0.29, 0.717) is 38.5 Å². The van der Waals surface area contributed by atoms with Gasteiger partial charge in [-0.3, -0.25) is 9.59 Å². The molecule has 0 spiro atoms. The van der Waals surface area contributed by atoms with Gasteiger partial charge in [0.05, 0.1) is 0 Å². The summed E-state index contributed by atoms with van der Waals surface area (Å²) in [6.07, 6.45) is 3.53. The van der Waals surface area contributed by atoms with Gasteiger partial charge >= 0.3 is 11.9 Å². The number of aliphatic hydroxyl groups is 2. The zero-order valence-corrected chi connectivity index (χ0v) is 13.0. The average Bonchev–Trinajstić information content (AvgIpc) is 2.45. The second kappa shape index (κ2) is 12.6. The Kier molecular flexibility index (Phi) is 11.9. The Morgan fingerprint density at radius 1 is 0.762 bits per heavy atom. The highest BCUT2D eigenvalue weighted by molar-refractivity contribution is 5.69. The van der Waals surface area contributed by atoms with Gasteiger partial charge in [-0.1, -0.05) is 33.1 Å². The highest BCUT2D eigenvalue weighted by Crippen LogP contribution is 2.09. The number of aliphatic hydroxyl groups excluding tert-OH is 2. The van der Waals surface area contributed by atoms with E-state index >= 15 is 0 Å². The maximum absolute atomic E-state index is 11.3. The molecule has 2 atom stereocenters. The van der Waals surface area contributed by atoms with Gasteiger partial charge in [0.15, 0.2) is 12.6 Å². The standard InChI is InChI=1S/C15H28O6/c1-3-12(16)20-14(18)10-8-6-5-7-9-11-15(19)21-13(17)4-2/h12-13,16-17H,3-11H2,1-2H3. The van der Waals surface area contributed by atoms with Crippen LogP contribution in [0.4, 0.5) is 0 Å². The second-order valence-corrected chi connectivity index (χ2v) is 4.97. The van der Waals surface area contributed by atoms with Crippen molar-refractivity contribution >= 4 is 11.9 Å². The minimum absolute atomic E-state index is 0.307. The van der Waals surface area contributed by atoms with Crippen molar-refractivity contribution in [2.45, 2.75) is 84.2 Å². The van der Waals surface area contributed by atoms with Crippen LogP contribution in [0.5, 0.6) is 0 Å². The van der Waals surface area contributed by atoms with Crippen molar-refractivity contribution in [2.24, 2.45) is 0 Å². The van der Waals surface area contributed by atoms with Crippen LogP contribution in [0, 0.1) is 0 Å². The number of rotatable bonds is 12.